The van der Waals surface area contributed by atoms with Crippen molar-refractivity contribution in [2.75, 3.05) is 4.90 Å². The number of fused-ring (bicyclic) bond motifs is 3. The number of hydrogen-bond acceptors (Lipinski definition) is 1. The van der Waals surface area contributed by atoms with E-state index >= 15 is 0 Å². The predicted octanol–water partition coefficient (Wildman–Crippen LogP) is 14.0. The first-order chi connectivity index (χ1) is 25.5. The van der Waals surface area contributed by atoms with Crippen molar-refractivity contribution in [1.29, 1.82) is 0 Å². The van der Waals surface area contributed by atoms with Gasteiger partial charge in [0.2, 0.25) is 0 Å². The van der Waals surface area contributed by atoms with Crippen LogP contribution in [0.2, 0.25) is 0 Å². The second-order valence-electron chi connectivity index (χ2n) is 14.2. The van der Waals surface area contributed by atoms with Gasteiger partial charge in [-0.15, -0.1) is 0 Å². The highest BCUT2D eigenvalue weighted by Crippen LogP contribution is 2.49. The predicted molar refractivity (Wildman–Crippen MR) is 222 cm³/mol. The monoisotopic (exact) mass is 665 g/mol. The van der Waals surface area contributed by atoms with Crippen molar-refractivity contribution >= 4 is 28.2 Å². The maximum absolute atomic E-state index is 2.46. The SMILES string of the molecule is CC1(C)C(N(c2ccc(-c3ccc(-c4ccccc4)cc3)cc2)c2ccc(-c3ccc(-c4ccccc4)cc3)cc2)=Cc2ccc3ccccc3c21. The molecule has 0 bridgehead atoms. The first-order valence-electron chi connectivity index (χ1n) is 18.1. The van der Waals surface area contributed by atoms with E-state index in [-0.39, 0.29) is 5.41 Å². The number of hydrogen-bond donors (Lipinski definition) is 0. The van der Waals surface area contributed by atoms with Gasteiger partial charge in [0.15, 0.2) is 0 Å². The van der Waals surface area contributed by atoms with Crippen LogP contribution in [0, 0.1) is 0 Å². The van der Waals surface area contributed by atoms with E-state index in [1.807, 2.05) is 0 Å². The molecular formula is C51H39N. The van der Waals surface area contributed by atoms with E-state index in [0.29, 0.717) is 0 Å². The summed E-state index contributed by atoms with van der Waals surface area (Å²) in [7, 11) is 0. The second kappa shape index (κ2) is 13.0. The molecule has 1 aliphatic rings. The van der Waals surface area contributed by atoms with Gasteiger partial charge in [-0.1, -0.05) is 184 Å². The molecule has 0 atom stereocenters. The molecule has 8 aromatic carbocycles. The molecule has 0 aliphatic heterocycles. The molecule has 0 fully saturated rings. The topological polar surface area (TPSA) is 3.24 Å². The van der Waals surface area contributed by atoms with Crippen molar-refractivity contribution in [1.82, 2.24) is 0 Å². The van der Waals surface area contributed by atoms with Crippen molar-refractivity contribution in [3.63, 3.8) is 0 Å². The third-order valence-corrected chi connectivity index (χ3v) is 10.7. The van der Waals surface area contributed by atoms with Gasteiger partial charge in [-0.3, -0.25) is 0 Å². The molecule has 0 radical (unpaired) electrons. The Hall–Kier alpha value is -6.44. The summed E-state index contributed by atoms with van der Waals surface area (Å²) in [6.45, 7) is 4.74. The van der Waals surface area contributed by atoms with Crippen LogP contribution in [0.5, 0.6) is 0 Å². The van der Waals surface area contributed by atoms with Crippen LogP contribution in [0.4, 0.5) is 11.4 Å². The molecule has 1 aliphatic carbocycles. The molecule has 0 N–H and O–H groups in total. The van der Waals surface area contributed by atoms with Crippen LogP contribution in [0.25, 0.3) is 61.4 Å². The lowest BCUT2D eigenvalue weighted by atomic mass is 9.81. The summed E-state index contributed by atoms with van der Waals surface area (Å²) in [6, 6.07) is 70.3. The minimum Gasteiger partial charge on any atom is -0.313 e. The summed E-state index contributed by atoms with van der Waals surface area (Å²) in [5, 5.41) is 2.60. The molecule has 0 amide bonds. The zero-order valence-corrected chi connectivity index (χ0v) is 29.5. The van der Waals surface area contributed by atoms with E-state index in [9.17, 15) is 0 Å². The minimum atomic E-state index is -0.228. The van der Waals surface area contributed by atoms with E-state index in [4.69, 9.17) is 0 Å². The van der Waals surface area contributed by atoms with Crippen molar-refractivity contribution < 1.29 is 0 Å². The average molecular weight is 666 g/mol. The molecule has 8 aromatic rings. The lowest BCUT2D eigenvalue weighted by molar-refractivity contribution is 0.632. The van der Waals surface area contributed by atoms with E-state index in [2.05, 4.69) is 219 Å². The molecule has 0 saturated carbocycles. The Bertz CT molecular complexity index is 2400. The number of allylic oxidation sites excluding steroid dienone is 1. The zero-order valence-electron chi connectivity index (χ0n) is 29.5. The molecular weight excluding hydrogens is 627 g/mol. The number of rotatable bonds is 7. The van der Waals surface area contributed by atoms with E-state index in [0.717, 1.165) is 11.4 Å². The van der Waals surface area contributed by atoms with Crippen LogP contribution in [0.15, 0.2) is 200 Å². The highest BCUT2D eigenvalue weighted by Gasteiger charge is 2.38. The van der Waals surface area contributed by atoms with Crippen LogP contribution in [0.1, 0.15) is 25.0 Å². The molecule has 0 unspecified atom stereocenters. The smallest absolute Gasteiger partial charge is 0.0459 e. The van der Waals surface area contributed by atoms with Crippen molar-refractivity contribution in [2.45, 2.75) is 19.3 Å². The summed E-state index contributed by atoms with van der Waals surface area (Å²) in [5.41, 5.74) is 15.7. The summed E-state index contributed by atoms with van der Waals surface area (Å²) in [5.74, 6) is 0. The number of benzene rings is 8. The average Bonchev–Trinajstić information content (AvgIpc) is 3.49. The lowest BCUT2D eigenvalue weighted by Gasteiger charge is -2.36. The fourth-order valence-electron chi connectivity index (χ4n) is 7.91. The molecule has 1 heteroatoms. The summed E-state index contributed by atoms with van der Waals surface area (Å²) in [4.78, 5) is 2.46. The van der Waals surface area contributed by atoms with Gasteiger partial charge in [0.05, 0.1) is 0 Å². The third kappa shape index (κ3) is 5.71. The van der Waals surface area contributed by atoms with Crippen molar-refractivity contribution in [3.05, 3.63) is 211 Å². The molecule has 52 heavy (non-hydrogen) atoms. The first-order valence-corrected chi connectivity index (χ1v) is 18.1. The maximum Gasteiger partial charge on any atom is 0.0459 e. The Labute approximate surface area is 306 Å². The Morgan fingerprint density at radius 1 is 0.346 bits per heavy atom. The Balaban J connectivity index is 1.08. The molecule has 0 heterocycles. The highest BCUT2D eigenvalue weighted by atomic mass is 15.2. The summed E-state index contributed by atoms with van der Waals surface area (Å²) >= 11 is 0. The van der Waals surface area contributed by atoms with Gasteiger partial charge in [0.25, 0.3) is 0 Å². The van der Waals surface area contributed by atoms with Crippen LogP contribution in [-0.2, 0) is 5.41 Å². The molecule has 9 rings (SSSR count). The van der Waals surface area contributed by atoms with Crippen molar-refractivity contribution in [2.24, 2.45) is 0 Å². The third-order valence-electron chi connectivity index (χ3n) is 10.7. The van der Waals surface area contributed by atoms with Gasteiger partial charge >= 0.3 is 0 Å². The first kappa shape index (κ1) is 31.5. The van der Waals surface area contributed by atoms with Gasteiger partial charge in [-0.05, 0) is 96.7 Å². The van der Waals surface area contributed by atoms with E-state index in [1.165, 1.54) is 72.1 Å². The summed E-state index contributed by atoms with van der Waals surface area (Å²) < 4.78 is 0. The Kier molecular flexibility index (Phi) is 7.90. The molecule has 0 saturated heterocycles. The largest absolute Gasteiger partial charge is 0.313 e. The van der Waals surface area contributed by atoms with Crippen molar-refractivity contribution in [3.8, 4) is 44.5 Å². The maximum atomic E-state index is 2.46. The van der Waals surface area contributed by atoms with E-state index in [1.54, 1.807) is 0 Å². The number of nitrogens with zero attached hydrogens (tertiary/aromatic N) is 1. The van der Waals surface area contributed by atoms with Crippen LogP contribution >= 0.6 is 0 Å². The molecule has 0 spiro atoms. The normalized spacial score (nSPS) is 13.1. The van der Waals surface area contributed by atoms with Crippen LogP contribution in [-0.4, -0.2) is 0 Å². The van der Waals surface area contributed by atoms with Gasteiger partial charge in [0, 0.05) is 22.5 Å². The van der Waals surface area contributed by atoms with Gasteiger partial charge < -0.3 is 4.90 Å². The van der Waals surface area contributed by atoms with Crippen LogP contribution in [0.3, 0.4) is 0 Å². The Morgan fingerprint density at radius 2 is 0.712 bits per heavy atom. The fraction of sp³-hybridized carbons (Fsp3) is 0.0588. The molecule has 1 nitrogen and oxygen atoms in total. The quantitative estimate of drug-likeness (QED) is 0.164. The molecule has 0 aromatic heterocycles. The van der Waals surface area contributed by atoms with Gasteiger partial charge in [0.1, 0.15) is 0 Å². The Morgan fingerprint density at radius 3 is 1.15 bits per heavy atom. The molecule has 248 valence electrons. The lowest BCUT2D eigenvalue weighted by Crippen LogP contribution is -2.29. The minimum absolute atomic E-state index is 0.228. The van der Waals surface area contributed by atoms with E-state index < -0.39 is 0 Å². The number of anilines is 2. The fourth-order valence-corrected chi connectivity index (χ4v) is 7.91. The van der Waals surface area contributed by atoms with Crippen LogP contribution < -0.4 is 4.90 Å². The highest BCUT2D eigenvalue weighted by molar-refractivity contribution is 5.95. The zero-order chi connectivity index (χ0) is 35.1. The summed E-state index contributed by atoms with van der Waals surface area (Å²) in [6.07, 6.45) is 2.40. The van der Waals surface area contributed by atoms with Gasteiger partial charge in [-0.25, -0.2) is 0 Å². The standard InChI is InChI=1S/C51H39N/c1-51(2)49(35-45-26-25-44-15-9-10-16-48(44)50(45)51)52(46-31-27-42(28-32-46)40-21-17-38(18-22-40)36-11-5-3-6-12-36)47-33-29-43(30-34-47)41-23-19-39(20-24-41)37-13-7-4-8-14-37/h3-35H,1-2H3. The van der Waals surface area contributed by atoms with Gasteiger partial charge in [-0.2, -0.15) is 0 Å². The second-order valence-corrected chi connectivity index (χ2v) is 14.2.